The minimum Gasteiger partial charge on any atom is -0.463 e. The van der Waals surface area contributed by atoms with Crippen molar-refractivity contribution in [2.75, 3.05) is 4.43 Å². The number of ketones is 4. The number of ether oxygens (including phenoxy) is 3. The Bertz CT molecular complexity index is 2080. The van der Waals surface area contributed by atoms with E-state index < -0.39 is 11.2 Å². The summed E-state index contributed by atoms with van der Waals surface area (Å²) in [5.41, 5.74) is -1.08. The van der Waals surface area contributed by atoms with Crippen LogP contribution in [-0.2, 0) is 47.8 Å². The first kappa shape index (κ1) is 82.2. The lowest BCUT2D eigenvalue weighted by atomic mass is 9.69. The van der Waals surface area contributed by atoms with Gasteiger partial charge in [-0.3, -0.25) is 33.6 Å². The lowest BCUT2D eigenvalue weighted by Crippen LogP contribution is -2.38. The molecule has 0 aromatic carbocycles. The molecule has 5 fully saturated rings. The van der Waals surface area contributed by atoms with Crippen LogP contribution in [0.25, 0.3) is 0 Å². The van der Waals surface area contributed by atoms with Crippen LogP contribution < -0.4 is 0 Å². The lowest BCUT2D eigenvalue weighted by Gasteiger charge is -2.40. The lowest BCUT2D eigenvalue weighted by molar-refractivity contribution is -0.148. The van der Waals surface area contributed by atoms with Crippen LogP contribution in [0, 0.1) is 53.3 Å². The summed E-state index contributed by atoms with van der Waals surface area (Å²) in [5, 5.41) is 22.1. The normalized spacial score (nSPS) is 26.4. The topological polar surface area (TPSA) is 188 Å². The molecule has 5 aliphatic carbocycles. The van der Waals surface area contributed by atoms with E-state index in [4.69, 9.17) is 14.2 Å². The molecule has 12 nitrogen and oxygen atoms in total. The molecule has 11 atom stereocenters. The third-order valence-electron chi connectivity index (χ3n) is 20.2. The van der Waals surface area contributed by atoms with Crippen LogP contribution in [0.15, 0.2) is 36.5 Å². The van der Waals surface area contributed by atoms with Crippen LogP contribution >= 0.6 is 22.6 Å². The molecule has 0 amide bonds. The Labute approximate surface area is 567 Å². The van der Waals surface area contributed by atoms with Gasteiger partial charge in [-0.25, -0.2) is 0 Å². The summed E-state index contributed by atoms with van der Waals surface area (Å²) in [5.74, 6) is 3.80. The number of esters is 3. The molecule has 0 aromatic rings. The first-order valence-electron chi connectivity index (χ1n) is 37.2. The Balaban J connectivity index is 0.000000356. The summed E-state index contributed by atoms with van der Waals surface area (Å²) in [4.78, 5) is 84.8. The minimum atomic E-state index is -0.539. The molecule has 13 heteroatoms. The van der Waals surface area contributed by atoms with Gasteiger partial charge >= 0.3 is 17.9 Å². The van der Waals surface area contributed by atoms with Crippen molar-refractivity contribution in [1.82, 2.24) is 0 Å². The summed E-state index contributed by atoms with van der Waals surface area (Å²) in [6, 6.07) is 0. The van der Waals surface area contributed by atoms with Crippen LogP contribution in [0.5, 0.6) is 0 Å². The number of fused-ring (bicyclic) bond motifs is 2. The molecule has 91 heavy (non-hydrogen) atoms. The van der Waals surface area contributed by atoms with Crippen molar-refractivity contribution in [2.45, 2.75) is 355 Å². The van der Waals surface area contributed by atoms with Crippen LogP contribution in [0.1, 0.15) is 326 Å². The zero-order valence-corrected chi connectivity index (χ0v) is 61.1. The first-order valence-corrected chi connectivity index (χ1v) is 38.7. The number of carbonyl (C=O) groups excluding carboxylic acids is 7. The molecule has 0 aliphatic heterocycles. The second-order valence-corrected chi connectivity index (χ2v) is 30.1. The van der Waals surface area contributed by atoms with Gasteiger partial charge in [0.1, 0.15) is 23.1 Å². The molecule has 5 aliphatic rings. The maximum atomic E-state index is 12.6. The van der Waals surface area contributed by atoms with Gasteiger partial charge in [-0.15, -0.1) is 0 Å². The molecule has 5 rings (SSSR count). The highest BCUT2D eigenvalue weighted by molar-refractivity contribution is 14.1. The van der Waals surface area contributed by atoms with Crippen LogP contribution in [0.2, 0.25) is 0 Å². The molecular formula is C78H131IO12. The summed E-state index contributed by atoms with van der Waals surface area (Å²) in [7, 11) is 0. The van der Waals surface area contributed by atoms with Crippen molar-refractivity contribution in [3.8, 4) is 0 Å². The number of hydrogen-bond donors (Lipinski definition) is 2. The molecule has 0 radical (unpaired) electrons. The van der Waals surface area contributed by atoms with E-state index in [1.807, 2.05) is 41.5 Å². The Morgan fingerprint density at radius 1 is 0.473 bits per heavy atom. The van der Waals surface area contributed by atoms with Crippen molar-refractivity contribution in [2.24, 2.45) is 53.3 Å². The fraction of sp³-hybridized carbons (Fsp3) is 0.833. The third kappa shape index (κ3) is 34.0. The molecule has 0 bridgehead atoms. The highest BCUT2D eigenvalue weighted by Gasteiger charge is 2.50. The maximum Gasteiger partial charge on any atom is 0.306 e. The average Bonchev–Trinajstić information content (AvgIpc) is 1.69. The summed E-state index contributed by atoms with van der Waals surface area (Å²) in [6.07, 6.45) is 50.5. The number of allylic oxidation sites excluding steroid dienone is 6. The Hall–Kier alpha value is -3.04. The number of alkyl halides is 1. The molecule has 522 valence electrons. The molecular weight excluding hydrogens is 1260 g/mol. The fourth-order valence-electron chi connectivity index (χ4n) is 15.4. The summed E-state index contributed by atoms with van der Waals surface area (Å²) < 4.78 is 16.4. The van der Waals surface area contributed by atoms with Gasteiger partial charge in [-0.05, 0) is 199 Å². The van der Waals surface area contributed by atoms with Crippen molar-refractivity contribution in [3.05, 3.63) is 36.5 Å². The molecule has 0 saturated heterocycles. The fourth-order valence-corrected chi connectivity index (χ4v) is 16.3. The molecule has 0 spiro atoms. The first-order chi connectivity index (χ1) is 43.6. The highest BCUT2D eigenvalue weighted by Crippen LogP contribution is 2.51. The number of hydrogen-bond acceptors (Lipinski definition) is 12. The number of carbonyl (C=O) groups is 7. The smallest absolute Gasteiger partial charge is 0.306 e. The SMILES string of the molecule is CCCCCCCC(=O)CC[C@H]1[C@H](CI)CC(=O)[C@@H]1CC=CCCCC(=O)OC(C)C.CCCCCCC[C@@]1(O)CC[C@H]2[C@@H](CC(=O)[C@@H]2CC=CCCCC(=O)OC(C)C)C1.CCCCCCC[C@]1(O)CC[C@H]2[C@@H](CC(=O)[C@@H]2CC=CCCCC(=O)OC(C)C)C1. The molecule has 2 N–H and O–H groups in total. The van der Waals surface area contributed by atoms with Crippen LogP contribution in [0.3, 0.4) is 0 Å². The van der Waals surface area contributed by atoms with E-state index in [1.165, 1.54) is 70.6 Å². The standard InChI is InChI=1S/C26H43IO4.2C26H44O4/c1-4-5-6-7-10-13-22(28)16-17-23-21(19-27)18-25(29)24(23)14-11-8-9-12-15-26(30)31-20(2)3;2*1-4-5-6-9-12-16-26(29)17-15-22-21(19-26)18-24(27)23(22)13-10-7-8-11-14-25(28)30-20(2)3/h8,11,20-21,23-24H,4-7,9-10,12-19H2,1-3H3;2*7,10,20-23,29H,4-6,8-9,11-19H2,1-3H3/t21-,23-,24+;21-,22-,23+,26+;21-,22-,23+,26-/m000/s1. The largest absolute Gasteiger partial charge is 0.463 e. The quantitative estimate of drug-likeness (QED) is 0.0147. The van der Waals surface area contributed by atoms with E-state index in [2.05, 4.69) is 79.8 Å². The van der Waals surface area contributed by atoms with E-state index in [-0.39, 0.29) is 54.0 Å². The molecule has 0 heterocycles. The van der Waals surface area contributed by atoms with Crippen LogP contribution in [0.4, 0.5) is 0 Å². The Morgan fingerprint density at radius 2 is 0.835 bits per heavy atom. The van der Waals surface area contributed by atoms with Crippen molar-refractivity contribution in [1.29, 1.82) is 0 Å². The molecule has 0 unspecified atom stereocenters. The number of unbranched alkanes of at least 4 members (excludes halogenated alkanes) is 15. The van der Waals surface area contributed by atoms with Gasteiger partial charge < -0.3 is 24.4 Å². The van der Waals surface area contributed by atoms with Gasteiger partial charge in [0.25, 0.3) is 0 Å². The molecule has 0 aromatic heterocycles. The van der Waals surface area contributed by atoms with E-state index in [0.29, 0.717) is 110 Å². The van der Waals surface area contributed by atoms with Crippen LogP contribution in [-0.4, -0.2) is 85.2 Å². The number of aliphatic hydroxyl groups is 2. The van der Waals surface area contributed by atoms with E-state index in [0.717, 1.165) is 146 Å². The Morgan fingerprint density at radius 3 is 1.21 bits per heavy atom. The van der Waals surface area contributed by atoms with Gasteiger partial charge in [0.2, 0.25) is 0 Å². The van der Waals surface area contributed by atoms with Gasteiger partial charge in [-0.2, -0.15) is 0 Å². The van der Waals surface area contributed by atoms with Crippen molar-refractivity contribution < 1.29 is 58.0 Å². The monoisotopic (exact) mass is 1390 g/mol. The van der Waals surface area contributed by atoms with Crippen molar-refractivity contribution in [3.63, 3.8) is 0 Å². The third-order valence-corrected chi connectivity index (χ3v) is 21.3. The number of halogens is 1. The second kappa shape index (κ2) is 47.0. The predicted octanol–water partition coefficient (Wildman–Crippen LogP) is 19.3. The molecule has 5 saturated carbocycles. The van der Waals surface area contributed by atoms with Gasteiger partial charge in [0.15, 0.2) is 0 Å². The van der Waals surface area contributed by atoms with E-state index >= 15 is 0 Å². The van der Waals surface area contributed by atoms with E-state index in [9.17, 15) is 43.8 Å². The highest BCUT2D eigenvalue weighted by atomic mass is 127. The van der Waals surface area contributed by atoms with Crippen molar-refractivity contribution >= 4 is 63.6 Å². The number of rotatable bonds is 43. The number of Topliss-reactive ketones (excluding diaryl/α,β-unsaturated/α-hetero) is 4. The van der Waals surface area contributed by atoms with Gasteiger partial charge in [0.05, 0.1) is 29.5 Å². The van der Waals surface area contributed by atoms with Gasteiger partial charge in [-0.1, -0.05) is 170 Å². The average molecular weight is 1390 g/mol. The predicted molar refractivity (Wildman–Crippen MR) is 378 cm³/mol. The zero-order chi connectivity index (χ0) is 67.0. The van der Waals surface area contributed by atoms with E-state index in [1.54, 1.807) is 0 Å². The summed E-state index contributed by atoms with van der Waals surface area (Å²) >= 11 is 2.39. The Kier molecular flexibility index (Phi) is 42.4. The zero-order valence-electron chi connectivity index (χ0n) is 58.9. The van der Waals surface area contributed by atoms with Gasteiger partial charge in [0, 0.05) is 73.5 Å². The minimum absolute atomic E-state index is 0.0522. The summed E-state index contributed by atoms with van der Waals surface area (Å²) in [6.45, 7) is 17.8. The maximum absolute atomic E-state index is 12.6. The second-order valence-electron chi connectivity index (χ2n) is 29.2.